The fourth-order valence-corrected chi connectivity index (χ4v) is 2.95. The van der Waals surface area contributed by atoms with Gasteiger partial charge in [-0.3, -0.25) is 0 Å². The summed E-state index contributed by atoms with van der Waals surface area (Å²) in [6.45, 7) is 0. The van der Waals surface area contributed by atoms with E-state index in [1.54, 1.807) is 0 Å². The van der Waals surface area contributed by atoms with E-state index >= 15 is 0 Å². The molecule has 3 aromatic carbocycles. The second kappa shape index (κ2) is 5.64. The van der Waals surface area contributed by atoms with Crippen LogP contribution in [0.4, 0.5) is 0 Å². The first-order valence-electron chi connectivity index (χ1n) is 7.64. The van der Waals surface area contributed by atoms with Gasteiger partial charge < -0.3 is 4.84 Å². The van der Waals surface area contributed by atoms with Gasteiger partial charge in [-0.05, 0) is 22.4 Å². The van der Waals surface area contributed by atoms with E-state index in [2.05, 4.69) is 71.9 Å². The van der Waals surface area contributed by atoms with Crippen LogP contribution in [0, 0.1) is 0 Å². The number of rotatable bonds is 3. The van der Waals surface area contributed by atoms with Crippen molar-refractivity contribution < 1.29 is 4.84 Å². The summed E-state index contributed by atoms with van der Waals surface area (Å²) in [5, 5.41) is 6.81. The number of benzene rings is 3. The predicted molar refractivity (Wildman–Crippen MR) is 90.1 cm³/mol. The molecule has 2 nitrogen and oxygen atoms in total. The van der Waals surface area contributed by atoms with E-state index in [9.17, 15) is 0 Å². The van der Waals surface area contributed by atoms with Gasteiger partial charge in [-0.1, -0.05) is 71.9 Å². The molecule has 0 bridgehead atoms. The Hall–Kier alpha value is -2.61. The first-order chi connectivity index (χ1) is 10.9. The molecule has 0 aliphatic carbocycles. The molecule has 0 N–H and O–H groups in total. The summed E-state index contributed by atoms with van der Waals surface area (Å²) in [5.41, 5.74) is 3.50. The topological polar surface area (TPSA) is 21.6 Å². The smallest absolute Gasteiger partial charge is 0.137 e. The van der Waals surface area contributed by atoms with Gasteiger partial charge in [0.1, 0.15) is 6.10 Å². The summed E-state index contributed by atoms with van der Waals surface area (Å²) in [6.07, 6.45) is 1.91. The highest BCUT2D eigenvalue weighted by Crippen LogP contribution is 2.23. The highest BCUT2D eigenvalue weighted by atomic mass is 16.6. The Labute approximate surface area is 130 Å². The minimum Gasteiger partial charge on any atom is -0.391 e. The maximum atomic E-state index is 5.62. The van der Waals surface area contributed by atoms with Crippen molar-refractivity contribution in [2.45, 2.75) is 18.9 Å². The molecule has 1 aliphatic rings. The largest absolute Gasteiger partial charge is 0.391 e. The Bertz CT molecular complexity index is 823. The van der Waals surface area contributed by atoms with Crippen molar-refractivity contribution in [1.29, 1.82) is 0 Å². The van der Waals surface area contributed by atoms with Gasteiger partial charge in [-0.2, -0.15) is 0 Å². The summed E-state index contributed by atoms with van der Waals surface area (Å²) in [4.78, 5) is 5.62. The van der Waals surface area contributed by atoms with Gasteiger partial charge in [0.2, 0.25) is 0 Å². The normalized spacial score (nSPS) is 17.3. The zero-order valence-corrected chi connectivity index (χ0v) is 12.3. The van der Waals surface area contributed by atoms with Gasteiger partial charge in [0.05, 0.1) is 5.71 Å². The minimum absolute atomic E-state index is 0.142. The van der Waals surface area contributed by atoms with Crippen LogP contribution < -0.4 is 0 Å². The molecule has 1 heterocycles. The molecule has 1 aliphatic heterocycles. The fraction of sp³-hybridized carbons (Fsp3) is 0.150. The number of hydrogen-bond donors (Lipinski definition) is 0. The lowest BCUT2D eigenvalue weighted by Gasteiger charge is -2.07. The first kappa shape index (κ1) is 13.1. The van der Waals surface area contributed by atoms with Crippen LogP contribution in [0.2, 0.25) is 0 Å². The second-order valence-electron chi connectivity index (χ2n) is 5.72. The molecule has 4 rings (SSSR count). The van der Waals surface area contributed by atoms with Crippen molar-refractivity contribution in [3.63, 3.8) is 0 Å². The van der Waals surface area contributed by atoms with E-state index in [1.807, 2.05) is 6.07 Å². The summed E-state index contributed by atoms with van der Waals surface area (Å²) >= 11 is 0. The van der Waals surface area contributed by atoms with Gasteiger partial charge >= 0.3 is 0 Å². The Balaban J connectivity index is 1.51. The zero-order chi connectivity index (χ0) is 14.8. The van der Waals surface area contributed by atoms with Gasteiger partial charge in [0.15, 0.2) is 0 Å². The molecule has 0 radical (unpaired) electrons. The monoisotopic (exact) mass is 287 g/mol. The van der Waals surface area contributed by atoms with Crippen LogP contribution in [0.1, 0.15) is 17.5 Å². The molecule has 0 spiro atoms. The third-order valence-corrected chi connectivity index (χ3v) is 4.12. The van der Waals surface area contributed by atoms with E-state index in [0.29, 0.717) is 0 Å². The van der Waals surface area contributed by atoms with Gasteiger partial charge in [-0.25, -0.2) is 0 Å². The molecular formula is C20H17NO. The molecule has 22 heavy (non-hydrogen) atoms. The van der Waals surface area contributed by atoms with E-state index in [4.69, 9.17) is 4.84 Å². The standard InChI is InChI=1S/C20H17NO/c1-2-6-15(7-3-1)12-19-14-20(21-22-19)18-11-10-16-8-4-5-9-17(16)13-18/h1-11,13,19H,12,14H2/t19-/m1/s1. The molecule has 0 unspecified atom stereocenters. The minimum atomic E-state index is 0.142. The van der Waals surface area contributed by atoms with Crippen LogP contribution in [-0.2, 0) is 11.3 Å². The van der Waals surface area contributed by atoms with E-state index < -0.39 is 0 Å². The molecule has 1 atom stereocenters. The summed E-state index contributed by atoms with van der Waals surface area (Å²) < 4.78 is 0. The average Bonchev–Trinajstić information content (AvgIpc) is 3.04. The maximum absolute atomic E-state index is 5.62. The van der Waals surface area contributed by atoms with Crippen molar-refractivity contribution in [2.24, 2.45) is 5.16 Å². The molecule has 0 fully saturated rings. The highest BCUT2D eigenvalue weighted by molar-refractivity contribution is 6.04. The van der Waals surface area contributed by atoms with E-state index in [1.165, 1.54) is 16.3 Å². The van der Waals surface area contributed by atoms with Crippen molar-refractivity contribution in [3.05, 3.63) is 83.9 Å². The second-order valence-corrected chi connectivity index (χ2v) is 5.72. The number of hydrogen-bond acceptors (Lipinski definition) is 2. The molecule has 2 heteroatoms. The lowest BCUT2D eigenvalue weighted by molar-refractivity contribution is 0.0859. The summed E-state index contributed by atoms with van der Waals surface area (Å²) in [7, 11) is 0. The average molecular weight is 287 g/mol. The molecule has 0 saturated heterocycles. The Kier molecular flexibility index (Phi) is 3.36. The quantitative estimate of drug-likeness (QED) is 0.691. The number of nitrogens with zero attached hydrogens (tertiary/aromatic N) is 1. The van der Waals surface area contributed by atoms with E-state index in [-0.39, 0.29) is 6.10 Å². The van der Waals surface area contributed by atoms with Crippen molar-refractivity contribution in [3.8, 4) is 0 Å². The summed E-state index contributed by atoms with van der Waals surface area (Å²) in [5.74, 6) is 0. The maximum Gasteiger partial charge on any atom is 0.137 e. The van der Waals surface area contributed by atoms with Gasteiger partial charge in [0, 0.05) is 18.4 Å². The predicted octanol–water partition coefficient (Wildman–Crippen LogP) is 4.58. The Morgan fingerprint density at radius 3 is 2.50 bits per heavy atom. The summed E-state index contributed by atoms with van der Waals surface area (Å²) in [6, 6.07) is 25.3. The lowest BCUT2D eigenvalue weighted by atomic mass is 9.98. The molecular weight excluding hydrogens is 270 g/mol. The Morgan fingerprint density at radius 1 is 0.864 bits per heavy atom. The third kappa shape index (κ3) is 2.60. The zero-order valence-electron chi connectivity index (χ0n) is 12.3. The lowest BCUT2D eigenvalue weighted by Crippen LogP contribution is -2.11. The molecule has 0 aromatic heterocycles. The van der Waals surface area contributed by atoms with Crippen molar-refractivity contribution in [1.82, 2.24) is 0 Å². The van der Waals surface area contributed by atoms with E-state index in [0.717, 1.165) is 24.1 Å². The number of fused-ring (bicyclic) bond motifs is 1. The SMILES string of the molecule is c1ccc(C[C@@H]2CC(c3ccc4ccccc4c3)=NO2)cc1. The number of oxime groups is 1. The van der Waals surface area contributed by atoms with Crippen LogP contribution in [0.25, 0.3) is 10.8 Å². The van der Waals surface area contributed by atoms with Crippen LogP contribution >= 0.6 is 0 Å². The van der Waals surface area contributed by atoms with Crippen LogP contribution in [0.5, 0.6) is 0 Å². The van der Waals surface area contributed by atoms with Crippen LogP contribution in [0.3, 0.4) is 0 Å². The third-order valence-electron chi connectivity index (χ3n) is 4.12. The molecule has 108 valence electrons. The molecule has 0 amide bonds. The highest BCUT2D eigenvalue weighted by Gasteiger charge is 2.22. The first-order valence-corrected chi connectivity index (χ1v) is 7.64. The fourth-order valence-electron chi connectivity index (χ4n) is 2.95. The van der Waals surface area contributed by atoms with Crippen molar-refractivity contribution >= 4 is 16.5 Å². The van der Waals surface area contributed by atoms with Crippen LogP contribution in [0.15, 0.2) is 78.0 Å². The Morgan fingerprint density at radius 2 is 1.64 bits per heavy atom. The van der Waals surface area contributed by atoms with Crippen LogP contribution in [-0.4, -0.2) is 11.8 Å². The molecule has 0 saturated carbocycles. The van der Waals surface area contributed by atoms with Gasteiger partial charge in [0.25, 0.3) is 0 Å². The van der Waals surface area contributed by atoms with Crippen molar-refractivity contribution in [2.75, 3.05) is 0 Å². The molecule has 3 aromatic rings. The van der Waals surface area contributed by atoms with Gasteiger partial charge in [-0.15, -0.1) is 0 Å².